The summed E-state index contributed by atoms with van der Waals surface area (Å²) in [6.45, 7) is 3.91. The van der Waals surface area contributed by atoms with Gasteiger partial charge >= 0.3 is 0 Å². The number of halogens is 1. The fraction of sp³-hybridized carbons (Fsp3) is 0.500. The van der Waals surface area contributed by atoms with Crippen molar-refractivity contribution in [3.63, 3.8) is 0 Å². The van der Waals surface area contributed by atoms with Crippen molar-refractivity contribution in [2.75, 3.05) is 26.7 Å². The van der Waals surface area contributed by atoms with Crippen molar-refractivity contribution in [3.05, 3.63) is 34.9 Å². The maximum Gasteiger partial charge on any atom is 0.251 e. The van der Waals surface area contributed by atoms with E-state index in [4.69, 9.17) is 16.3 Å². The number of ether oxygens (including phenoxy) is 1. The van der Waals surface area contributed by atoms with Gasteiger partial charge in [0.15, 0.2) is 0 Å². The Kier molecular flexibility index (Phi) is 4.80. The van der Waals surface area contributed by atoms with Crippen molar-refractivity contribution < 1.29 is 9.53 Å². The van der Waals surface area contributed by atoms with Gasteiger partial charge in [0, 0.05) is 37.8 Å². The van der Waals surface area contributed by atoms with Crippen LogP contribution in [0.25, 0.3) is 0 Å². The molecule has 1 heterocycles. The molecule has 0 bridgehead atoms. The van der Waals surface area contributed by atoms with Crippen molar-refractivity contribution in [2.45, 2.75) is 19.1 Å². The van der Waals surface area contributed by atoms with Crippen LogP contribution in [0.2, 0.25) is 5.02 Å². The summed E-state index contributed by atoms with van der Waals surface area (Å²) in [5.41, 5.74) is 1.11. The topological polar surface area (TPSA) is 41.6 Å². The number of benzene rings is 1. The summed E-state index contributed by atoms with van der Waals surface area (Å²) < 4.78 is 5.09. The first kappa shape index (κ1) is 14.3. The summed E-state index contributed by atoms with van der Waals surface area (Å²) in [5.74, 6) is 0.0380. The number of nitrogens with zero attached hydrogens (tertiary/aromatic N) is 1. The van der Waals surface area contributed by atoms with Crippen molar-refractivity contribution in [1.29, 1.82) is 0 Å². The highest BCUT2D eigenvalue weighted by Gasteiger charge is 2.27. The number of amides is 1. The number of rotatable bonds is 3. The van der Waals surface area contributed by atoms with E-state index < -0.39 is 6.10 Å². The lowest BCUT2D eigenvalue weighted by Gasteiger charge is -2.35. The lowest BCUT2D eigenvalue weighted by atomic mass is 10.0. The number of nitrogens with one attached hydrogen (secondary N) is 1. The Morgan fingerprint density at radius 1 is 1.58 bits per heavy atom. The lowest BCUT2D eigenvalue weighted by Crippen LogP contribution is -2.51. The Bertz CT molecular complexity index is 453. The summed E-state index contributed by atoms with van der Waals surface area (Å²) in [6.07, 6.45) is -0.391. The third-order valence-corrected chi connectivity index (χ3v) is 3.67. The van der Waals surface area contributed by atoms with E-state index in [1.54, 1.807) is 14.0 Å². The van der Waals surface area contributed by atoms with Gasteiger partial charge in [-0.15, -0.1) is 0 Å². The molecule has 0 radical (unpaired) electrons. The summed E-state index contributed by atoms with van der Waals surface area (Å²) in [7, 11) is 1.55. The van der Waals surface area contributed by atoms with Crippen molar-refractivity contribution in [3.8, 4) is 0 Å². The zero-order valence-electron chi connectivity index (χ0n) is 11.2. The molecule has 2 rings (SSSR count). The summed E-state index contributed by atoms with van der Waals surface area (Å²) in [5, 5.41) is 4.13. The standard InChI is InChI=1S/C14H19ClN2O2/c1-10(19-2)14(18)17-7-6-16-13(9-17)11-4-3-5-12(15)8-11/h3-5,8,10,13,16H,6-7,9H2,1-2H3. The van der Waals surface area contributed by atoms with Gasteiger partial charge in [-0.3, -0.25) is 4.79 Å². The number of carbonyl (C=O) groups excluding carboxylic acids is 1. The number of piperazine rings is 1. The van der Waals surface area contributed by atoms with Gasteiger partial charge in [0.25, 0.3) is 5.91 Å². The molecule has 1 fully saturated rings. The van der Waals surface area contributed by atoms with Crippen molar-refractivity contribution in [2.24, 2.45) is 0 Å². The minimum atomic E-state index is -0.391. The van der Waals surface area contributed by atoms with Crippen LogP contribution in [0, 0.1) is 0 Å². The van der Waals surface area contributed by atoms with Crippen LogP contribution < -0.4 is 5.32 Å². The van der Waals surface area contributed by atoms with Gasteiger partial charge in [0.1, 0.15) is 6.10 Å². The molecule has 4 nitrogen and oxygen atoms in total. The molecule has 0 aromatic heterocycles. The number of hydrogen-bond acceptors (Lipinski definition) is 3. The van der Waals surface area contributed by atoms with Crippen LogP contribution in [0.1, 0.15) is 18.5 Å². The molecule has 0 saturated carbocycles. The molecule has 1 aliphatic rings. The summed E-state index contributed by atoms with van der Waals surface area (Å²) in [6, 6.07) is 7.87. The first-order chi connectivity index (χ1) is 9.11. The Balaban J connectivity index is 2.07. The largest absolute Gasteiger partial charge is 0.372 e. The van der Waals surface area contributed by atoms with E-state index in [0.717, 1.165) is 12.1 Å². The molecule has 1 aromatic rings. The second-order valence-electron chi connectivity index (χ2n) is 4.72. The molecule has 1 amide bonds. The van der Waals surface area contributed by atoms with Crippen molar-refractivity contribution >= 4 is 17.5 Å². The van der Waals surface area contributed by atoms with E-state index in [1.165, 1.54) is 0 Å². The quantitative estimate of drug-likeness (QED) is 0.920. The van der Waals surface area contributed by atoms with Gasteiger partial charge in [-0.1, -0.05) is 23.7 Å². The average molecular weight is 283 g/mol. The molecule has 19 heavy (non-hydrogen) atoms. The SMILES string of the molecule is COC(C)C(=O)N1CCNC(c2cccc(Cl)c2)C1. The van der Waals surface area contributed by atoms with Gasteiger partial charge in [-0.05, 0) is 24.6 Å². The fourth-order valence-corrected chi connectivity index (χ4v) is 2.45. The van der Waals surface area contributed by atoms with Crippen molar-refractivity contribution in [1.82, 2.24) is 10.2 Å². The Morgan fingerprint density at radius 3 is 3.05 bits per heavy atom. The molecule has 0 aliphatic carbocycles. The summed E-state index contributed by atoms with van der Waals surface area (Å²) in [4.78, 5) is 14.0. The first-order valence-electron chi connectivity index (χ1n) is 6.42. The molecule has 2 atom stereocenters. The van der Waals surface area contributed by atoms with Gasteiger partial charge in [-0.2, -0.15) is 0 Å². The van der Waals surface area contributed by atoms with E-state index in [-0.39, 0.29) is 11.9 Å². The Labute approximate surface area is 118 Å². The minimum Gasteiger partial charge on any atom is -0.372 e. The van der Waals surface area contributed by atoms with Crippen LogP contribution in [0.4, 0.5) is 0 Å². The Morgan fingerprint density at radius 2 is 2.37 bits per heavy atom. The molecular weight excluding hydrogens is 264 g/mol. The maximum absolute atomic E-state index is 12.1. The van der Waals surface area contributed by atoms with Crippen LogP contribution in [0.3, 0.4) is 0 Å². The highest BCUT2D eigenvalue weighted by atomic mass is 35.5. The van der Waals surface area contributed by atoms with Crippen LogP contribution in [0.15, 0.2) is 24.3 Å². The maximum atomic E-state index is 12.1. The van der Waals surface area contributed by atoms with E-state index in [2.05, 4.69) is 5.32 Å². The van der Waals surface area contributed by atoms with Gasteiger partial charge in [0.05, 0.1) is 0 Å². The molecule has 0 spiro atoms. The predicted octanol–water partition coefficient (Wildman–Crippen LogP) is 1.85. The molecular formula is C14H19ClN2O2. The third kappa shape index (κ3) is 3.47. The van der Waals surface area contributed by atoms with Gasteiger partial charge < -0.3 is 15.0 Å². The second-order valence-corrected chi connectivity index (χ2v) is 5.16. The van der Waals surface area contributed by atoms with E-state index in [9.17, 15) is 4.79 Å². The molecule has 104 valence electrons. The molecule has 1 aliphatic heterocycles. The average Bonchev–Trinajstić information content (AvgIpc) is 2.46. The molecule has 1 N–H and O–H groups in total. The van der Waals surface area contributed by atoms with Gasteiger partial charge in [0.2, 0.25) is 0 Å². The second kappa shape index (κ2) is 6.37. The lowest BCUT2D eigenvalue weighted by molar-refractivity contribution is -0.142. The van der Waals surface area contributed by atoms with E-state index in [0.29, 0.717) is 18.1 Å². The number of methoxy groups -OCH3 is 1. The highest BCUT2D eigenvalue weighted by Crippen LogP contribution is 2.21. The Hall–Kier alpha value is -1.10. The summed E-state index contributed by atoms with van der Waals surface area (Å²) >= 11 is 6.01. The third-order valence-electron chi connectivity index (χ3n) is 3.44. The molecule has 5 heteroatoms. The zero-order chi connectivity index (χ0) is 13.8. The zero-order valence-corrected chi connectivity index (χ0v) is 12.0. The molecule has 2 unspecified atom stereocenters. The van der Waals surface area contributed by atoms with Crippen LogP contribution >= 0.6 is 11.6 Å². The molecule has 1 saturated heterocycles. The number of carbonyl (C=O) groups is 1. The predicted molar refractivity (Wildman–Crippen MR) is 75.2 cm³/mol. The van der Waals surface area contributed by atoms with Crippen LogP contribution in [-0.4, -0.2) is 43.7 Å². The van der Waals surface area contributed by atoms with Gasteiger partial charge in [-0.25, -0.2) is 0 Å². The first-order valence-corrected chi connectivity index (χ1v) is 6.80. The van der Waals surface area contributed by atoms with Crippen LogP contribution in [0.5, 0.6) is 0 Å². The number of hydrogen-bond donors (Lipinski definition) is 1. The normalized spacial score (nSPS) is 21.2. The van der Waals surface area contributed by atoms with Crippen LogP contribution in [-0.2, 0) is 9.53 Å². The minimum absolute atomic E-state index is 0.0380. The fourth-order valence-electron chi connectivity index (χ4n) is 2.25. The smallest absolute Gasteiger partial charge is 0.251 e. The highest BCUT2D eigenvalue weighted by molar-refractivity contribution is 6.30. The van der Waals surface area contributed by atoms with E-state index >= 15 is 0 Å². The van der Waals surface area contributed by atoms with E-state index in [1.807, 2.05) is 29.2 Å². The monoisotopic (exact) mass is 282 g/mol. The molecule has 1 aromatic carbocycles.